The van der Waals surface area contributed by atoms with Gasteiger partial charge in [0.25, 0.3) is 0 Å². The molecule has 76 valence electrons. The Morgan fingerprint density at radius 2 is 2.21 bits per heavy atom. The number of hydrogen-bond acceptors (Lipinski definition) is 2. The summed E-state index contributed by atoms with van der Waals surface area (Å²) in [5.74, 6) is 0.0428. The van der Waals surface area contributed by atoms with E-state index in [0.717, 1.165) is 17.7 Å². The van der Waals surface area contributed by atoms with Crippen LogP contribution >= 0.6 is 0 Å². The molecule has 0 aliphatic carbocycles. The molecule has 0 saturated heterocycles. The van der Waals surface area contributed by atoms with E-state index >= 15 is 0 Å². The maximum Gasteiger partial charge on any atom is 0.224 e. The summed E-state index contributed by atoms with van der Waals surface area (Å²) in [6, 6.07) is 5.52. The molecule has 3 N–H and O–H groups in total. The van der Waals surface area contributed by atoms with Gasteiger partial charge in [-0.05, 0) is 31.0 Å². The highest BCUT2D eigenvalue weighted by molar-refractivity contribution is 5.92. The standard InChI is InChI=1S/C11H16N2O/c1-3-5-11(14)13-10-7-4-6-9(12)8(10)2/h4,6-7H,3,5,12H2,1-2H3,(H,13,14). The zero-order valence-corrected chi connectivity index (χ0v) is 8.63. The maximum atomic E-state index is 11.3. The molecule has 0 bridgehead atoms. The van der Waals surface area contributed by atoms with Crippen molar-refractivity contribution in [2.24, 2.45) is 0 Å². The molecule has 14 heavy (non-hydrogen) atoms. The van der Waals surface area contributed by atoms with Crippen molar-refractivity contribution < 1.29 is 4.79 Å². The summed E-state index contributed by atoms with van der Waals surface area (Å²) in [6.07, 6.45) is 1.40. The molecule has 0 aromatic heterocycles. The van der Waals surface area contributed by atoms with E-state index in [1.807, 2.05) is 32.0 Å². The predicted octanol–water partition coefficient (Wildman–Crippen LogP) is 2.32. The Hall–Kier alpha value is -1.51. The third-order valence-electron chi connectivity index (χ3n) is 2.13. The molecule has 0 spiro atoms. The fraction of sp³-hybridized carbons (Fsp3) is 0.364. The molecule has 3 heteroatoms. The molecule has 0 fully saturated rings. The number of hydrogen-bond donors (Lipinski definition) is 2. The Bertz CT molecular complexity index is 334. The Morgan fingerprint density at radius 3 is 2.86 bits per heavy atom. The molecule has 1 rings (SSSR count). The van der Waals surface area contributed by atoms with E-state index in [0.29, 0.717) is 12.1 Å². The average Bonchev–Trinajstić information content (AvgIpc) is 2.13. The second-order valence-electron chi connectivity index (χ2n) is 3.32. The van der Waals surface area contributed by atoms with Gasteiger partial charge in [-0.25, -0.2) is 0 Å². The van der Waals surface area contributed by atoms with Crippen molar-refractivity contribution in [1.29, 1.82) is 0 Å². The lowest BCUT2D eigenvalue weighted by Crippen LogP contribution is -2.12. The Morgan fingerprint density at radius 1 is 1.50 bits per heavy atom. The topological polar surface area (TPSA) is 55.1 Å². The lowest BCUT2D eigenvalue weighted by Gasteiger charge is -2.09. The monoisotopic (exact) mass is 192 g/mol. The van der Waals surface area contributed by atoms with Gasteiger partial charge in [-0.15, -0.1) is 0 Å². The van der Waals surface area contributed by atoms with Crippen LogP contribution < -0.4 is 11.1 Å². The van der Waals surface area contributed by atoms with Gasteiger partial charge >= 0.3 is 0 Å². The maximum absolute atomic E-state index is 11.3. The van der Waals surface area contributed by atoms with Gasteiger partial charge in [0.1, 0.15) is 0 Å². The van der Waals surface area contributed by atoms with Gasteiger partial charge < -0.3 is 11.1 Å². The van der Waals surface area contributed by atoms with E-state index in [9.17, 15) is 4.79 Å². The largest absolute Gasteiger partial charge is 0.398 e. The number of amides is 1. The van der Waals surface area contributed by atoms with Crippen LogP contribution in [-0.4, -0.2) is 5.91 Å². The van der Waals surface area contributed by atoms with Crippen LogP contribution in [0.2, 0.25) is 0 Å². The van der Waals surface area contributed by atoms with Crippen molar-refractivity contribution in [1.82, 2.24) is 0 Å². The first kappa shape index (κ1) is 10.6. The minimum atomic E-state index is 0.0428. The number of benzene rings is 1. The van der Waals surface area contributed by atoms with E-state index in [4.69, 9.17) is 5.73 Å². The lowest BCUT2D eigenvalue weighted by atomic mass is 10.1. The zero-order valence-electron chi connectivity index (χ0n) is 8.63. The molecule has 1 amide bonds. The highest BCUT2D eigenvalue weighted by Gasteiger charge is 2.04. The summed E-state index contributed by atoms with van der Waals surface area (Å²) in [5, 5.41) is 2.83. The average molecular weight is 192 g/mol. The molecule has 3 nitrogen and oxygen atoms in total. The van der Waals surface area contributed by atoms with Gasteiger partial charge in [0.15, 0.2) is 0 Å². The van der Waals surface area contributed by atoms with Crippen LogP contribution in [0.4, 0.5) is 11.4 Å². The fourth-order valence-corrected chi connectivity index (χ4v) is 1.23. The second-order valence-corrected chi connectivity index (χ2v) is 3.32. The first-order valence-electron chi connectivity index (χ1n) is 4.80. The van der Waals surface area contributed by atoms with E-state index in [-0.39, 0.29) is 5.91 Å². The Labute approximate surface area is 84.3 Å². The van der Waals surface area contributed by atoms with E-state index < -0.39 is 0 Å². The van der Waals surface area contributed by atoms with Crippen LogP contribution in [0.3, 0.4) is 0 Å². The number of anilines is 2. The van der Waals surface area contributed by atoms with Crippen molar-refractivity contribution in [2.45, 2.75) is 26.7 Å². The highest BCUT2D eigenvalue weighted by Crippen LogP contribution is 2.20. The third-order valence-corrected chi connectivity index (χ3v) is 2.13. The molecule has 0 saturated carbocycles. The van der Waals surface area contributed by atoms with Gasteiger partial charge in [-0.2, -0.15) is 0 Å². The lowest BCUT2D eigenvalue weighted by molar-refractivity contribution is -0.116. The SMILES string of the molecule is CCCC(=O)Nc1cccc(N)c1C. The molecular formula is C11H16N2O. The van der Waals surface area contributed by atoms with Gasteiger partial charge in [-0.1, -0.05) is 13.0 Å². The van der Waals surface area contributed by atoms with Crippen molar-refractivity contribution >= 4 is 17.3 Å². The summed E-state index contributed by atoms with van der Waals surface area (Å²) < 4.78 is 0. The normalized spacial score (nSPS) is 9.86. The van der Waals surface area contributed by atoms with Crippen molar-refractivity contribution in [3.63, 3.8) is 0 Å². The van der Waals surface area contributed by atoms with Crippen LogP contribution in [0.15, 0.2) is 18.2 Å². The highest BCUT2D eigenvalue weighted by atomic mass is 16.1. The predicted molar refractivity (Wildman–Crippen MR) is 59.1 cm³/mol. The van der Waals surface area contributed by atoms with Crippen molar-refractivity contribution in [3.05, 3.63) is 23.8 Å². The first-order valence-corrected chi connectivity index (χ1v) is 4.80. The number of carbonyl (C=O) groups excluding carboxylic acids is 1. The fourth-order valence-electron chi connectivity index (χ4n) is 1.23. The summed E-state index contributed by atoms with van der Waals surface area (Å²) in [4.78, 5) is 11.3. The quantitative estimate of drug-likeness (QED) is 0.722. The number of rotatable bonds is 3. The van der Waals surface area contributed by atoms with E-state index in [1.165, 1.54) is 0 Å². The molecule has 0 aliphatic rings. The molecule has 0 radical (unpaired) electrons. The van der Waals surface area contributed by atoms with Crippen LogP contribution in [-0.2, 0) is 4.79 Å². The van der Waals surface area contributed by atoms with Crippen LogP contribution in [0, 0.1) is 6.92 Å². The molecule has 1 aromatic rings. The van der Waals surface area contributed by atoms with Crippen LogP contribution in [0.5, 0.6) is 0 Å². The van der Waals surface area contributed by atoms with Gasteiger partial charge in [-0.3, -0.25) is 4.79 Å². The summed E-state index contributed by atoms with van der Waals surface area (Å²) in [5.41, 5.74) is 8.16. The smallest absolute Gasteiger partial charge is 0.224 e. The zero-order chi connectivity index (χ0) is 10.6. The van der Waals surface area contributed by atoms with Crippen LogP contribution in [0.25, 0.3) is 0 Å². The minimum Gasteiger partial charge on any atom is -0.398 e. The van der Waals surface area contributed by atoms with Crippen molar-refractivity contribution in [3.8, 4) is 0 Å². The molecular weight excluding hydrogens is 176 g/mol. The van der Waals surface area contributed by atoms with E-state index in [1.54, 1.807) is 0 Å². The number of carbonyl (C=O) groups is 1. The summed E-state index contributed by atoms with van der Waals surface area (Å²) in [6.45, 7) is 3.88. The first-order chi connectivity index (χ1) is 6.65. The van der Waals surface area contributed by atoms with E-state index in [2.05, 4.69) is 5.32 Å². The van der Waals surface area contributed by atoms with Crippen LogP contribution in [0.1, 0.15) is 25.3 Å². The molecule has 1 aromatic carbocycles. The van der Waals surface area contributed by atoms with Gasteiger partial charge in [0.05, 0.1) is 0 Å². The number of nitrogen functional groups attached to an aromatic ring is 1. The molecule has 0 atom stereocenters. The second kappa shape index (κ2) is 4.65. The van der Waals surface area contributed by atoms with Gasteiger partial charge in [0, 0.05) is 17.8 Å². The van der Waals surface area contributed by atoms with Gasteiger partial charge in [0.2, 0.25) is 5.91 Å². The number of nitrogens with two attached hydrogens (primary N) is 1. The molecule has 0 unspecified atom stereocenters. The Balaban J connectivity index is 2.76. The number of nitrogens with one attached hydrogen (secondary N) is 1. The molecule has 0 aliphatic heterocycles. The van der Waals surface area contributed by atoms with Crippen molar-refractivity contribution in [2.75, 3.05) is 11.1 Å². The third kappa shape index (κ3) is 2.49. The summed E-state index contributed by atoms with van der Waals surface area (Å²) >= 11 is 0. The molecule has 0 heterocycles. The minimum absolute atomic E-state index is 0.0428. The Kier molecular flexibility index (Phi) is 3.51. The summed E-state index contributed by atoms with van der Waals surface area (Å²) in [7, 11) is 0.